The van der Waals surface area contributed by atoms with E-state index < -0.39 is 5.97 Å². The van der Waals surface area contributed by atoms with Crippen LogP contribution in [0.1, 0.15) is 25.0 Å². The molecule has 0 fully saturated rings. The molecule has 0 saturated carbocycles. The first-order chi connectivity index (χ1) is 13.0. The van der Waals surface area contributed by atoms with Crippen LogP contribution < -0.4 is 0 Å². The maximum absolute atomic E-state index is 9.86. The Morgan fingerprint density at radius 3 is 1.22 bits per heavy atom. The average Bonchev–Trinajstić information content (AvgIpc) is 2.75. The van der Waals surface area contributed by atoms with Gasteiger partial charge in [0.2, 0.25) is 0 Å². The van der Waals surface area contributed by atoms with Crippen LogP contribution in [0.25, 0.3) is 12.2 Å². The largest absolute Gasteiger partial charge is 0.478 e. The molecule has 0 heterocycles. The highest BCUT2D eigenvalue weighted by atomic mass is 16.4. The third-order valence-corrected chi connectivity index (χ3v) is 3.01. The lowest BCUT2D eigenvalue weighted by atomic mass is 10.2. The Morgan fingerprint density at radius 1 is 0.778 bits per heavy atom. The molecule has 0 spiro atoms. The molecule has 0 unspecified atom stereocenters. The molecule has 0 atom stereocenters. The highest BCUT2D eigenvalue weighted by molar-refractivity contribution is 5.85. The van der Waals surface area contributed by atoms with E-state index in [2.05, 4.69) is 26.3 Å². The maximum Gasteiger partial charge on any atom is 0.330 e. The van der Waals surface area contributed by atoms with Crippen molar-refractivity contribution in [3.63, 3.8) is 0 Å². The Kier molecular flexibility index (Phi) is 18.1. The standard InChI is InChI=1S/2C8H8.C5H8O2.C4H6/c2*1-2-8-6-4-3-5-7-8;1-3-4(2)5(6)7;1-3-4-2/h2*2-7H,1H2;3H,1-2H3,(H,6,7);3-4H,1-2H2. The van der Waals surface area contributed by atoms with Crippen molar-refractivity contribution < 1.29 is 9.90 Å². The second kappa shape index (κ2) is 18.9. The molecule has 1 N–H and O–H groups in total. The van der Waals surface area contributed by atoms with Gasteiger partial charge in [0.25, 0.3) is 0 Å². The topological polar surface area (TPSA) is 37.3 Å². The van der Waals surface area contributed by atoms with Crippen LogP contribution in [-0.4, -0.2) is 11.1 Å². The van der Waals surface area contributed by atoms with E-state index in [9.17, 15) is 4.79 Å². The third kappa shape index (κ3) is 17.2. The van der Waals surface area contributed by atoms with Crippen molar-refractivity contribution in [1.82, 2.24) is 0 Å². The van der Waals surface area contributed by atoms with E-state index in [1.54, 1.807) is 32.1 Å². The molecule has 2 heteroatoms. The van der Waals surface area contributed by atoms with Gasteiger partial charge in [-0.2, -0.15) is 0 Å². The highest BCUT2D eigenvalue weighted by Crippen LogP contribution is 1.98. The van der Waals surface area contributed by atoms with Crippen LogP contribution in [0.15, 0.2) is 111 Å². The van der Waals surface area contributed by atoms with E-state index in [0.717, 1.165) is 0 Å². The van der Waals surface area contributed by atoms with Gasteiger partial charge >= 0.3 is 5.97 Å². The number of rotatable bonds is 4. The normalized spacial score (nSPS) is 8.74. The number of allylic oxidation sites excluding steroid dienone is 3. The molecule has 0 aliphatic rings. The summed E-state index contributed by atoms with van der Waals surface area (Å²) in [7, 11) is 0. The molecule has 0 aliphatic heterocycles. The summed E-state index contributed by atoms with van der Waals surface area (Å²) in [5.41, 5.74) is 2.74. The first-order valence-electron chi connectivity index (χ1n) is 8.41. The van der Waals surface area contributed by atoms with E-state index in [1.807, 2.05) is 72.8 Å². The van der Waals surface area contributed by atoms with Gasteiger partial charge < -0.3 is 5.11 Å². The number of hydrogen-bond donors (Lipinski definition) is 1. The van der Waals surface area contributed by atoms with E-state index in [1.165, 1.54) is 11.1 Å². The van der Waals surface area contributed by atoms with Gasteiger partial charge in [0.15, 0.2) is 0 Å². The van der Waals surface area contributed by atoms with Gasteiger partial charge in [-0.3, -0.25) is 0 Å². The summed E-state index contributed by atoms with van der Waals surface area (Å²) < 4.78 is 0. The van der Waals surface area contributed by atoms with Gasteiger partial charge in [-0.1, -0.05) is 117 Å². The van der Waals surface area contributed by atoms with Crippen molar-refractivity contribution in [3.8, 4) is 0 Å². The Morgan fingerprint density at radius 2 is 1.11 bits per heavy atom. The van der Waals surface area contributed by atoms with Crippen LogP contribution in [0.2, 0.25) is 0 Å². The summed E-state index contributed by atoms with van der Waals surface area (Å²) in [4.78, 5) is 9.86. The lowest BCUT2D eigenvalue weighted by Crippen LogP contribution is -1.93. The molecule has 0 aromatic heterocycles. The van der Waals surface area contributed by atoms with Crippen LogP contribution >= 0.6 is 0 Å². The number of hydrogen-bond acceptors (Lipinski definition) is 1. The van der Waals surface area contributed by atoms with Gasteiger partial charge in [-0.25, -0.2) is 4.79 Å². The van der Waals surface area contributed by atoms with Crippen molar-refractivity contribution in [2.75, 3.05) is 0 Å². The minimum absolute atomic E-state index is 0.389. The lowest BCUT2D eigenvalue weighted by molar-refractivity contribution is -0.132. The van der Waals surface area contributed by atoms with Gasteiger partial charge in [0.1, 0.15) is 0 Å². The molecule has 2 rings (SSSR count). The zero-order chi connectivity index (χ0) is 20.9. The Bertz CT molecular complexity index is 646. The second-order valence-electron chi connectivity index (χ2n) is 4.98. The van der Waals surface area contributed by atoms with Gasteiger partial charge in [-0.15, -0.1) is 0 Å². The number of benzene rings is 2. The highest BCUT2D eigenvalue weighted by Gasteiger charge is 1.93. The fourth-order valence-electron chi connectivity index (χ4n) is 1.30. The summed E-state index contributed by atoms with van der Waals surface area (Å²) in [6.45, 7) is 17.2. The predicted molar refractivity (Wildman–Crippen MR) is 121 cm³/mol. The first kappa shape index (κ1) is 25.8. The fraction of sp³-hybridized carbons (Fsp3) is 0.0800. The van der Waals surface area contributed by atoms with Crippen LogP contribution in [0.4, 0.5) is 0 Å². The zero-order valence-corrected chi connectivity index (χ0v) is 16.3. The SMILES string of the molecule is C=CC=C.C=Cc1ccccc1.C=Cc1ccccc1.CC=C(C)C(=O)O. The average molecular weight is 363 g/mol. The molecule has 0 bridgehead atoms. The molecular formula is C25H30O2. The first-order valence-corrected chi connectivity index (χ1v) is 8.41. The molecule has 0 amide bonds. The van der Waals surface area contributed by atoms with Gasteiger partial charge in [-0.05, 0) is 25.0 Å². The monoisotopic (exact) mass is 362 g/mol. The van der Waals surface area contributed by atoms with Crippen LogP contribution in [0, 0.1) is 0 Å². The van der Waals surface area contributed by atoms with Gasteiger partial charge in [0, 0.05) is 5.57 Å². The molecule has 142 valence electrons. The minimum atomic E-state index is -0.845. The minimum Gasteiger partial charge on any atom is -0.478 e. The molecule has 0 aliphatic carbocycles. The summed E-state index contributed by atoms with van der Waals surface area (Å²) >= 11 is 0. The fourth-order valence-corrected chi connectivity index (χ4v) is 1.30. The summed E-state index contributed by atoms with van der Waals surface area (Å²) in [6, 6.07) is 20.1. The quantitative estimate of drug-likeness (QED) is 0.467. The van der Waals surface area contributed by atoms with E-state index >= 15 is 0 Å². The second-order valence-corrected chi connectivity index (χ2v) is 4.98. The number of carbonyl (C=O) groups is 1. The van der Waals surface area contributed by atoms with Gasteiger partial charge in [0.05, 0.1) is 0 Å². The zero-order valence-electron chi connectivity index (χ0n) is 16.3. The van der Waals surface area contributed by atoms with E-state index in [-0.39, 0.29) is 0 Å². The third-order valence-electron chi connectivity index (χ3n) is 3.01. The number of aliphatic carboxylic acids is 1. The van der Waals surface area contributed by atoms with Crippen LogP contribution in [0.5, 0.6) is 0 Å². The molecule has 2 nitrogen and oxygen atoms in total. The predicted octanol–water partition coefficient (Wildman–Crippen LogP) is 7.05. The van der Waals surface area contributed by atoms with Crippen molar-refractivity contribution in [2.24, 2.45) is 0 Å². The maximum atomic E-state index is 9.86. The van der Waals surface area contributed by atoms with E-state index in [4.69, 9.17) is 5.11 Å². The molecule has 0 radical (unpaired) electrons. The van der Waals surface area contributed by atoms with Crippen molar-refractivity contribution in [2.45, 2.75) is 13.8 Å². The molecule has 2 aromatic rings. The molecule has 27 heavy (non-hydrogen) atoms. The Hall–Kier alpha value is -3.39. The lowest BCUT2D eigenvalue weighted by Gasteiger charge is -1.85. The molecule has 0 saturated heterocycles. The smallest absolute Gasteiger partial charge is 0.330 e. The summed E-state index contributed by atoms with van der Waals surface area (Å²) in [5.74, 6) is -0.845. The Labute approximate surface area is 164 Å². The summed E-state index contributed by atoms with van der Waals surface area (Å²) in [6.07, 6.45) is 8.50. The van der Waals surface area contributed by atoms with Crippen molar-refractivity contribution in [3.05, 3.63) is 122 Å². The van der Waals surface area contributed by atoms with E-state index in [0.29, 0.717) is 5.57 Å². The van der Waals surface area contributed by atoms with Crippen LogP contribution in [0.3, 0.4) is 0 Å². The van der Waals surface area contributed by atoms with Crippen molar-refractivity contribution >= 4 is 18.1 Å². The van der Waals surface area contributed by atoms with Crippen molar-refractivity contribution in [1.29, 1.82) is 0 Å². The number of carboxylic acids is 1. The molecular weight excluding hydrogens is 332 g/mol. The summed E-state index contributed by atoms with van der Waals surface area (Å²) in [5, 5.41) is 8.11. The van der Waals surface area contributed by atoms with Crippen LogP contribution in [-0.2, 0) is 4.79 Å². The molecule has 2 aromatic carbocycles. The number of carboxylic acid groups (broad SMARTS) is 1. The Balaban J connectivity index is 0.